The van der Waals surface area contributed by atoms with Crippen LogP contribution in [0.2, 0.25) is 0 Å². The van der Waals surface area contributed by atoms with Crippen LogP contribution in [-0.4, -0.2) is 30.8 Å². The minimum atomic E-state index is -0.786. The smallest absolute Gasteiger partial charge is 0.305 e. The van der Waals surface area contributed by atoms with Crippen molar-refractivity contribution in [1.82, 2.24) is 0 Å². The van der Waals surface area contributed by atoms with E-state index in [4.69, 9.17) is 9.84 Å². The lowest BCUT2D eigenvalue weighted by molar-refractivity contribution is -0.136. The average molecular weight is 237 g/mol. The molecule has 4 nitrogen and oxygen atoms in total. The van der Waals surface area contributed by atoms with Gasteiger partial charge in [0.05, 0.1) is 12.5 Å². The zero-order chi connectivity index (χ0) is 12.8. The summed E-state index contributed by atoms with van der Waals surface area (Å²) in [6, 6.07) is 7.66. The normalized spacial score (nSPS) is 10.4. The molecule has 0 amide bonds. The van der Waals surface area contributed by atoms with Crippen LogP contribution >= 0.6 is 0 Å². The highest BCUT2D eigenvalue weighted by Gasteiger charge is 2.05. The topological polar surface area (TPSA) is 49.8 Å². The minimum Gasteiger partial charge on any atom is -0.491 e. The van der Waals surface area contributed by atoms with Gasteiger partial charge < -0.3 is 14.7 Å². The number of carboxylic acid groups (broad SMARTS) is 1. The Morgan fingerprint density at radius 1 is 1.47 bits per heavy atom. The molecule has 0 atom stereocenters. The van der Waals surface area contributed by atoms with Crippen molar-refractivity contribution in [3.05, 3.63) is 24.3 Å². The van der Waals surface area contributed by atoms with Crippen LogP contribution in [0.5, 0.6) is 5.75 Å². The van der Waals surface area contributed by atoms with Crippen LogP contribution in [0.1, 0.15) is 20.3 Å². The van der Waals surface area contributed by atoms with E-state index >= 15 is 0 Å². The molecule has 0 aromatic heterocycles. The second-order valence-electron chi connectivity index (χ2n) is 4.23. The maximum atomic E-state index is 10.5. The van der Waals surface area contributed by atoms with E-state index in [1.165, 1.54) is 0 Å². The predicted molar refractivity (Wildman–Crippen MR) is 67.7 cm³/mol. The van der Waals surface area contributed by atoms with Crippen LogP contribution in [0.15, 0.2) is 24.3 Å². The van der Waals surface area contributed by atoms with Gasteiger partial charge in [0.15, 0.2) is 0 Å². The maximum absolute atomic E-state index is 10.5. The standard InChI is InChI=1S/C13H19NO3/c1-10(2)17-12-6-4-5-11(9-12)14(3)8-7-13(15)16/h4-6,9-10H,7-8H2,1-3H3,(H,15,16). The Kier molecular flexibility index (Phi) is 4.82. The highest BCUT2D eigenvalue weighted by Crippen LogP contribution is 2.21. The van der Waals surface area contributed by atoms with Gasteiger partial charge in [0, 0.05) is 25.3 Å². The van der Waals surface area contributed by atoms with Gasteiger partial charge in [-0.3, -0.25) is 4.79 Å². The molecule has 0 spiro atoms. The van der Waals surface area contributed by atoms with E-state index < -0.39 is 5.97 Å². The van der Waals surface area contributed by atoms with Crippen molar-refractivity contribution < 1.29 is 14.6 Å². The molecule has 0 saturated carbocycles. The van der Waals surface area contributed by atoms with Crippen molar-refractivity contribution >= 4 is 11.7 Å². The monoisotopic (exact) mass is 237 g/mol. The van der Waals surface area contributed by atoms with E-state index in [0.29, 0.717) is 6.54 Å². The Morgan fingerprint density at radius 2 is 2.18 bits per heavy atom. The van der Waals surface area contributed by atoms with Gasteiger partial charge in [-0.15, -0.1) is 0 Å². The molecule has 0 fully saturated rings. The number of carboxylic acids is 1. The molecule has 94 valence electrons. The summed E-state index contributed by atoms with van der Waals surface area (Å²) in [5.74, 6) is 0.0195. The first kappa shape index (κ1) is 13.4. The SMILES string of the molecule is CC(C)Oc1cccc(N(C)CCC(=O)O)c1. The van der Waals surface area contributed by atoms with Gasteiger partial charge >= 0.3 is 5.97 Å². The fourth-order valence-corrected chi connectivity index (χ4v) is 1.46. The van der Waals surface area contributed by atoms with Gasteiger partial charge in [0.2, 0.25) is 0 Å². The molecule has 0 aliphatic rings. The molecule has 0 heterocycles. The zero-order valence-electron chi connectivity index (χ0n) is 10.5. The third-order valence-corrected chi connectivity index (χ3v) is 2.29. The number of hydrogen-bond donors (Lipinski definition) is 1. The Balaban J connectivity index is 2.66. The minimum absolute atomic E-state index is 0.131. The zero-order valence-corrected chi connectivity index (χ0v) is 10.5. The van der Waals surface area contributed by atoms with Crippen molar-refractivity contribution in [2.24, 2.45) is 0 Å². The Hall–Kier alpha value is -1.71. The Morgan fingerprint density at radius 3 is 2.76 bits per heavy atom. The molecule has 0 saturated heterocycles. The fraction of sp³-hybridized carbons (Fsp3) is 0.462. The molecule has 0 aliphatic heterocycles. The van der Waals surface area contributed by atoms with Crippen LogP contribution in [0.25, 0.3) is 0 Å². The quantitative estimate of drug-likeness (QED) is 0.825. The third-order valence-electron chi connectivity index (χ3n) is 2.29. The fourth-order valence-electron chi connectivity index (χ4n) is 1.46. The van der Waals surface area contributed by atoms with Crippen LogP contribution in [0, 0.1) is 0 Å². The van der Waals surface area contributed by atoms with Crippen molar-refractivity contribution in [2.75, 3.05) is 18.5 Å². The summed E-state index contributed by atoms with van der Waals surface area (Å²) < 4.78 is 5.59. The molecule has 0 radical (unpaired) electrons. The molecule has 1 N–H and O–H groups in total. The van der Waals surface area contributed by atoms with E-state index in [1.54, 1.807) is 0 Å². The summed E-state index contributed by atoms with van der Waals surface area (Å²) in [4.78, 5) is 12.4. The van der Waals surface area contributed by atoms with Crippen molar-refractivity contribution in [2.45, 2.75) is 26.4 Å². The number of carbonyl (C=O) groups is 1. The third kappa shape index (κ3) is 4.76. The molecule has 1 aromatic rings. The number of aliphatic carboxylic acids is 1. The lowest BCUT2D eigenvalue weighted by atomic mass is 10.2. The van der Waals surface area contributed by atoms with Crippen LogP contribution < -0.4 is 9.64 Å². The number of anilines is 1. The number of benzene rings is 1. The number of hydrogen-bond acceptors (Lipinski definition) is 3. The average Bonchev–Trinajstić information content (AvgIpc) is 2.25. The van der Waals surface area contributed by atoms with E-state index in [1.807, 2.05) is 50.1 Å². The molecule has 0 aliphatic carbocycles. The van der Waals surface area contributed by atoms with E-state index in [-0.39, 0.29) is 12.5 Å². The summed E-state index contributed by atoms with van der Waals surface area (Å²) in [6.07, 6.45) is 0.265. The van der Waals surface area contributed by atoms with Crippen LogP contribution in [0.3, 0.4) is 0 Å². The first-order chi connectivity index (χ1) is 7.99. The summed E-state index contributed by atoms with van der Waals surface area (Å²) in [5.41, 5.74) is 0.962. The van der Waals surface area contributed by atoms with Gasteiger partial charge in [-0.05, 0) is 26.0 Å². The van der Waals surface area contributed by atoms with Crippen molar-refractivity contribution in [3.8, 4) is 5.75 Å². The summed E-state index contributed by atoms with van der Waals surface area (Å²) in [6.45, 7) is 4.43. The van der Waals surface area contributed by atoms with Crippen molar-refractivity contribution in [1.29, 1.82) is 0 Å². The predicted octanol–water partition coefficient (Wildman–Crippen LogP) is 2.38. The van der Waals surface area contributed by atoms with Gasteiger partial charge in [0.1, 0.15) is 5.75 Å². The number of nitrogens with zero attached hydrogens (tertiary/aromatic N) is 1. The molecular formula is C13H19NO3. The van der Waals surface area contributed by atoms with Crippen molar-refractivity contribution in [3.63, 3.8) is 0 Å². The van der Waals surface area contributed by atoms with E-state index in [2.05, 4.69) is 0 Å². The molecule has 0 bridgehead atoms. The van der Waals surface area contributed by atoms with Crippen LogP contribution in [0.4, 0.5) is 5.69 Å². The summed E-state index contributed by atoms with van der Waals surface area (Å²) in [7, 11) is 1.87. The Labute approximate surface area is 102 Å². The molecule has 4 heteroatoms. The largest absolute Gasteiger partial charge is 0.491 e. The second-order valence-corrected chi connectivity index (χ2v) is 4.23. The summed E-state index contributed by atoms with van der Waals surface area (Å²) >= 11 is 0. The van der Waals surface area contributed by atoms with E-state index in [9.17, 15) is 4.79 Å². The molecule has 17 heavy (non-hydrogen) atoms. The van der Waals surface area contributed by atoms with Gasteiger partial charge in [0.25, 0.3) is 0 Å². The first-order valence-electron chi connectivity index (χ1n) is 5.68. The molecule has 1 aromatic carbocycles. The number of rotatable bonds is 6. The second kappa shape index (κ2) is 6.13. The lowest BCUT2D eigenvalue weighted by Crippen LogP contribution is -2.21. The van der Waals surface area contributed by atoms with Gasteiger partial charge in [-0.1, -0.05) is 6.07 Å². The van der Waals surface area contributed by atoms with Crippen LogP contribution in [-0.2, 0) is 4.79 Å². The first-order valence-corrected chi connectivity index (χ1v) is 5.68. The molecule has 0 unspecified atom stereocenters. The highest BCUT2D eigenvalue weighted by molar-refractivity contribution is 5.67. The molecule has 1 rings (SSSR count). The maximum Gasteiger partial charge on any atom is 0.305 e. The lowest BCUT2D eigenvalue weighted by Gasteiger charge is -2.19. The summed E-state index contributed by atoms with van der Waals surface area (Å²) in [5, 5.41) is 8.63. The Bertz CT molecular complexity index is 377. The highest BCUT2D eigenvalue weighted by atomic mass is 16.5. The van der Waals surface area contributed by atoms with Gasteiger partial charge in [-0.2, -0.15) is 0 Å². The molecular weight excluding hydrogens is 218 g/mol. The van der Waals surface area contributed by atoms with E-state index in [0.717, 1.165) is 11.4 Å². The van der Waals surface area contributed by atoms with Gasteiger partial charge in [-0.25, -0.2) is 0 Å². The number of ether oxygens (including phenoxy) is 1.